The van der Waals surface area contributed by atoms with Gasteiger partial charge in [-0.2, -0.15) is 0 Å². The van der Waals surface area contributed by atoms with Crippen LogP contribution < -0.4 is 5.73 Å². The lowest BCUT2D eigenvalue weighted by Crippen LogP contribution is -2.60. The molecule has 0 spiro atoms. The molecule has 2 rings (SSSR count). The van der Waals surface area contributed by atoms with Crippen molar-refractivity contribution < 1.29 is 9.53 Å². The van der Waals surface area contributed by atoms with Crippen molar-refractivity contribution in [1.29, 1.82) is 0 Å². The van der Waals surface area contributed by atoms with Gasteiger partial charge < -0.3 is 20.3 Å². The van der Waals surface area contributed by atoms with E-state index in [-0.39, 0.29) is 11.6 Å². The van der Waals surface area contributed by atoms with Crippen LogP contribution in [-0.4, -0.2) is 85.3 Å². The van der Waals surface area contributed by atoms with Crippen LogP contribution in [0.2, 0.25) is 0 Å². The van der Waals surface area contributed by atoms with E-state index in [4.69, 9.17) is 10.5 Å². The fraction of sp³-hybridized carbons (Fsp3) is 0.923. The maximum atomic E-state index is 12.3. The number of morpholine rings is 1. The fourth-order valence-corrected chi connectivity index (χ4v) is 2.59. The Morgan fingerprint density at radius 2 is 1.58 bits per heavy atom. The highest BCUT2D eigenvalue weighted by atomic mass is 16.5. The average molecular weight is 270 g/mol. The molecule has 0 bridgehead atoms. The number of nitrogens with two attached hydrogens (primary N) is 1. The normalized spacial score (nSPS) is 22.7. The van der Waals surface area contributed by atoms with E-state index in [0.29, 0.717) is 32.8 Å². The smallest absolute Gasteiger partial charge is 0.320 e. The summed E-state index contributed by atoms with van der Waals surface area (Å²) in [5, 5.41) is 0. The summed E-state index contributed by atoms with van der Waals surface area (Å²) in [7, 11) is 0. The Labute approximate surface area is 115 Å². The second-order valence-electron chi connectivity index (χ2n) is 5.87. The Bertz CT molecular complexity index is 308. The average Bonchev–Trinajstić information content (AvgIpc) is 2.47. The first-order valence-electron chi connectivity index (χ1n) is 7.11. The summed E-state index contributed by atoms with van der Waals surface area (Å²) in [5.41, 5.74) is 5.83. The minimum Gasteiger partial charge on any atom is -0.378 e. The zero-order valence-corrected chi connectivity index (χ0v) is 12.1. The van der Waals surface area contributed by atoms with Crippen LogP contribution >= 0.6 is 0 Å². The first-order valence-corrected chi connectivity index (χ1v) is 7.11. The predicted molar refractivity (Wildman–Crippen MR) is 74.1 cm³/mol. The summed E-state index contributed by atoms with van der Waals surface area (Å²) >= 11 is 0. The highest BCUT2D eigenvalue weighted by Gasteiger charge is 2.31. The maximum Gasteiger partial charge on any atom is 0.320 e. The molecule has 2 aliphatic rings. The third-order valence-corrected chi connectivity index (χ3v) is 4.19. The molecular weight excluding hydrogens is 244 g/mol. The standard InChI is InChI=1S/C13H26N4O2/c1-13(2,11-14)17-5-3-15(4-6-17)12(18)16-7-9-19-10-8-16/h3-11,14H2,1-2H3. The minimum atomic E-state index is 0.0219. The molecular formula is C13H26N4O2. The zero-order chi connectivity index (χ0) is 13.9. The molecule has 0 aromatic rings. The molecule has 2 N–H and O–H groups in total. The van der Waals surface area contributed by atoms with Crippen LogP contribution in [0.3, 0.4) is 0 Å². The Hall–Kier alpha value is -0.850. The summed E-state index contributed by atoms with van der Waals surface area (Å²) in [6.45, 7) is 11.1. The Kier molecular flexibility index (Phi) is 4.65. The van der Waals surface area contributed by atoms with Crippen molar-refractivity contribution in [3.8, 4) is 0 Å². The molecule has 0 aromatic heterocycles. The molecule has 2 saturated heterocycles. The van der Waals surface area contributed by atoms with E-state index in [9.17, 15) is 4.79 Å². The number of ether oxygens (including phenoxy) is 1. The number of piperazine rings is 1. The summed E-state index contributed by atoms with van der Waals surface area (Å²) < 4.78 is 5.28. The molecule has 2 aliphatic heterocycles. The summed E-state index contributed by atoms with van der Waals surface area (Å²) in [6, 6.07) is 0.161. The van der Waals surface area contributed by atoms with Crippen LogP contribution in [-0.2, 0) is 4.74 Å². The molecule has 0 atom stereocenters. The zero-order valence-electron chi connectivity index (χ0n) is 12.1. The van der Waals surface area contributed by atoms with Gasteiger partial charge in [0, 0.05) is 51.4 Å². The largest absolute Gasteiger partial charge is 0.378 e. The van der Waals surface area contributed by atoms with Gasteiger partial charge in [-0.15, -0.1) is 0 Å². The van der Waals surface area contributed by atoms with Crippen LogP contribution in [0.15, 0.2) is 0 Å². The molecule has 6 heteroatoms. The number of rotatable bonds is 2. The monoisotopic (exact) mass is 270 g/mol. The van der Waals surface area contributed by atoms with Gasteiger partial charge in [0.15, 0.2) is 0 Å². The summed E-state index contributed by atoms with van der Waals surface area (Å²) in [5.74, 6) is 0. The van der Waals surface area contributed by atoms with Crippen LogP contribution in [0, 0.1) is 0 Å². The Morgan fingerprint density at radius 3 is 2.11 bits per heavy atom. The molecule has 6 nitrogen and oxygen atoms in total. The van der Waals surface area contributed by atoms with Gasteiger partial charge in [-0.25, -0.2) is 4.79 Å². The first-order chi connectivity index (χ1) is 9.04. The number of hydrogen-bond acceptors (Lipinski definition) is 4. The van der Waals surface area contributed by atoms with Crippen molar-refractivity contribution >= 4 is 6.03 Å². The molecule has 19 heavy (non-hydrogen) atoms. The number of amides is 2. The van der Waals surface area contributed by atoms with Crippen molar-refractivity contribution in [2.24, 2.45) is 5.73 Å². The highest BCUT2D eigenvalue weighted by Crippen LogP contribution is 2.16. The van der Waals surface area contributed by atoms with Crippen molar-refractivity contribution in [2.75, 3.05) is 59.0 Å². The molecule has 2 amide bonds. The molecule has 2 fully saturated rings. The van der Waals surface area contributed by atoms with Crippen molar-refractivity contribution in [1.82, 2.24) is 14.7 Å². The molecule has 0 unspecified atom stereocenters. The van der Waals surface area contributed by atoms with Gasteiger partial charge in [-0.1, -0.05) is 0 Å². The van der Waals surface area contributed by atoms with E-state index in [0.717, 1.165) is 26.2 Å². The van der Waals surface area contributed by atoms with Crippen molar-refractivity contribution in [2.45, 2.75) is 19.4 Å². The number of urea groups is 1. The van der Waals surface area contributed by atoms with E-state index in [1.807, 2.05) is 9.80 Å². The Morgan fingerprint density at radius 1 is 1.05 bits per heavy atom. The van der Waals surface area contributed by atoms with Gasteiger partial charge >= 0.3 is 6.03 Å². The van der Waals surface area contributed by atoms with Crippen LogP contribution in [0.4, 0.5) is 4.79 Å². The van der Waals surface area contributed by atoms with Gasteiger partial charge in [0.1, 0.15) is 0 Å². The number of nitrogens with zero attached hydrogens (tertiary/aromatic N) is 3. The topological polar surface area (TPSA) is 62.0 Å². The third-order valence-electron chi connectivity index (χ3n) is 4.19. The van der Waals surface area contributed by atoms with Gasteiger partial charge in [0.2, 0.25) is 0 Å². The quantitative estimate of drug-likeness (QED) is 0.754. The van der Waals surface area contributed by atoms with Crippen molar-refractivity contribution in [3.05, 3.63) is 0 Å². The van der Waals surface area contributed by atoms with E-state index in [2.05, 4.69) is 18.7 Å². The molecule has 0 aromatic carbocycles. The number of hydrogen-bond donors (Lipinski definition) is 1. The molecule has 0 aliphatic carbocycles. The summed E-state index contributed by atoms with van der Waals surface area (Å²) in [6.07, 6.45) is 0. The first kappa shape index (κ1) is 14.6. The minimum absolute atomic E-state index is 0.0219. The van der Waals surface area contributed by atoms with Gasteiger partial charge in [-0.05, 0) is 13.8 Å². The van der Waals surface area contributed by atoms with Gasteiger partial charge in [-0.3, -0.25) is 4.90 Å². The van der Waals surface area contributed by atoms with E-state index in [1.54, 1.807) is 0 Å². The number of carbonyl (C=O) groups excluding carboxylic acids is 1. The number of carbonyl (C=O) groups is 1. The van der Waals surface area contributed by atoms with E-state index >= 15 is 0 Å². The fourth-order valence-electron chi connectivity index (χ4n) is 2.59. The SMILES string of the molecule is CC(C)(CN)N1CCN(C(=O)N2CCOCC2)CC1. The summed E-state index contributed by atoms with van der Waals surface area (Å²) in [4.78, 5) is 18.6. The van der Waals surface area contributed by atoms with E-state index < -0.39 is 0 Å². The van der Waals surface area contributed by atoms with Gasteiger partial charge in [0.25, 0.3) is 0 Å². The molecule has 0 saturated carbocycles. The maximum absolute atomic E-state index is 12.3. The third kappa shape index (κ3) is 3.38. The second kappa shape index (κ2) is 6.07. The second-order valence-corrected chi connectivity index (χ2v) is 5.87. The lowest BCUT2D eigenvalue weighted by Gasteiger charge is -2.44. The molecule has 110 valence electrons. The highest BCUT2D eigenvalue weighted by molar-refractivity contribution is 5.74. The molecule has 2 heterocycles. The van der Waals surface area contributed by atoms with Crippen LogP contribution in [0.25, 0.3) is 0 Å². The lowest BCUT2D eigenvalue weighted by atomic mass is 10.0. The van der Waals surface area contributed by atoms with Crippen LogP contribution in [0.5, 0.6) is 0 Å². The molecule has 0 radical (unpaired) electrons. The predicted octanol–water partition coefficient (Wildman–Crippen LogP) is -0.206. The lowest BCUT2D eigenvalue weighted by molar-refractivity contribution is 0.0278. The van der Waals surface area contributed by atoms with Gasteiger partial charge in [0.05, 0.1) is 13.2 Å². The Balaban J connectivity index is 1.84. The van der Waals surface area contributed by atoms with Crippen LogP contribution in [0.1, 0.15) is 13.8 Å². The van der Waals surface area contributed by atoms with E-state index in [1.165, 1.54) is 0 Å². The van der Waals surface area contributed by atoms with Crippen molar-refractivity contribution in [3.63, 3.8) is 0 Å².